The van der Waals surface area contributed by atoms with E-state index in [1.807, 2.05) is 0 Å². The minimum Gasteiger partial charge on any atom is -0.368 e. The Labute approximate surface area is 125 Å². The van der Waals surface area contributed by atoms with E-state index in [0.29, 0.717) is 5.92 Å². The van der Waals surface area contributed by atoms with Crippen LogP contribution in [0.2, 0.25) is 0 Å². The van der Waals surface area contributed by atoms with Gasteiger partial charge in [0.1, 0.15) is 0 Å². The largest absolute Gasteiger partial charge is 0.368 e. The quantitative estimate of drug-likeness (QED) is 0.621. The molecule has 1 aromatic carbocycles. The van der Waals surface area contributed by atoms with Crippen molar-refractivity contribution in [3.8, 4) is 0 Å². The topological polar surface area (TPSA) is 3.24 Å². The summed E-state index contributed by atoms with van der Waals surface area (Å²) in [7, 11) is 2.27. The van der Waals surface area contributed by atoms with Gasteiger partial charge in [0.05, 0.1) is 0 Å². The number of hydrogen-bond donors (Lipinski definition) is 0. The van der Waals surface area contributed by atoms with Gasteiger partial charge < -0.3 is 4.90 Å². The minimum absolute atomic E-state index is 0.151. The predicted octanol–water partition coefficient (Wildman–Crippen LogP) is 5.28. The van der Waals surface area contributed by atoms with Crippen LogP contribution in [-0.2, 0) is 0 Å². The van der Waals surface area contributed by atoms with Gasteiger partial charge in [0.25, 0.3) is 0 Å². The van der Waals surface area contributed by atoms with Crippen LogP contribution >= 0.6 is 0 Å². The van der Waals surface area contributed by atoms with Crippen LogP contribution in [0.15, 0.2) is 0 Å². The van der Waals surface area contributed by atoms with Gasteiger partial charge in [0.2, 0.25) is 0 Å². The van der Waals surface area contributed by atoms with E-state index in [0.717, 1.165) is 0 Å². The first-order chi connectivity index (χ1) is 8.96. The van der Waals surface area contributed by atoms with Crippen molar-refractivity contribution in [1.82, 2.24) is 0 Å². The average molecular weight is 273 g/mol. The molecule has 112 valence electrons. The van der Waals surface area contributed by atoms with Crippen molar-refractivity contribution in [3.63, 3.8) is 0 Å². The fourth-order valence-electron chi connectivity index (χ4n) is 3.89. The van der Waals surface area contributed by atoms with E-state index in [1.54, 1.807) is 5.56 Å². The Morgan fingerprint density at radius 1 is 0.800 bits per heavy atom. The van der Waals surface area contributed by atoms with Gasteiger partial charge in [0.15, 0.2) is 0 Å². The predicted molar refractivity (Wildman–Crippen MR) is 90.1 cm³/mol. The Morgan fingerprint density at radius 2 is 1.25 bits per heavy atom. The highest BCUT2D eigenvalue weighted by atomic mass is 15.2. The van der Waals surface area contributed by atoms with Crippen molar-refractivity contribution in [3.05, 3.63) is 27.8 Å². The summed E-state index contributed by atoms with van der Waals surface area (Å²) in [5.41, 5.74) is 9.31. The summed E-state index contributed by atoms with van der Waals surface area (Å²) < 4.78 is 0. The molecule has 1 nitrogen and oxygen atoms in total. The molecule has 1 unspecified atom stereocenters. The third kappa shape index (κ3) is 1.61. The van der Waals surface area contributed by atoms with Crippen LogP contribution in [0, 0.1) is 33.1 Å². The lowest BCUT2D eigenvalue weighted by Crippen LogP contribution is -2.58. The van der Waals surface area contributed by atoms with E-state index in [1.165, 1.54) is 27.9 Å². The maximum atomic E-state index is 2.52. The van der Waals surface area contributed by atoms with Crippen molar-refractivity contribution in [2.45, 2.75) is 73.8 Å². The molecule has 0 bridgehead atoms. The van der Waals surface area contributed by atoms with E-state index in [4.69, 9.17) is 0 Å². The van der Waals surface area contributed by atoms with Crippen LogP contribution in [0.4, 0.5) is 5.69 Å². The third-order valence-electron chi connectivity index (χ3n) is 6.97. The second-order valence-electron chi connectivity index (χ2n) is 7.82. The maximum Gasteiger partial charge on any atom is 0.0439 e. The van der Waals surface area contributed by atoms with Crippen molar-refractivity contribution in [2.24, 2.45) is 5.41 Å². The summed E-state index contributed by atoms with van der Waals surface area (Å²) in [6.45, 7) is 21.2. The molecule has 0 aromatic heterocycles. The summed E-state index contributed by atoms with van der Waals surface area (Å²) in [5.74, 6) is 0.571. The molecule has 0 fully saturated rings. The summed E-state index contributed by atoms with van der Waals surface area (Å²) in [4.78, 5) is 2.52. The molecule has 0 spiro atoms. The zero-order valence-electron chi connectivity index (χ0n) is 15.0. The zero-order valence-corrected chi connectivity index (χ0v) is 15.0. The average Bonchev–Trinajstić information content (AvgIpc) is 2.37. The maximum absolute atomic E-state index is 2.52. The molecule has 0 N–H and O–H groups in total. The van der Waals surface area contributed by atoms with Crippen molar-refractivity contribution < 1.29 is 0 Å². The number of rotatable bonds is 0. The first-order valence-electron chi connectivity index (χ1n) is 7.80. The van der Waals surface area contributed by atoms with E-state index < -0.39 is 0 Å². The standard InChI is InChI=1S/C19H31N/c1-11-12(2)14(4)17-16(13(11)3)15(5)18(6,7)19(8,9)20(17)10/h15H,1-10H3. The van der Waals surface area contributed by atoms with E-state index in [2.05, 4.69) is 74.3 Å². The summed E-state index contributed by atoms with van der Waals surface area (Å²) >= 11 is 0. The molecular formula is C19H31N. The Bertz CT molecular complexity index is 513. The molecule has 1 atom stereocenters. The van der Waals surface area contributed by atoms with Crippen LogP contribution in [-0.4, -0.2) is 12.6 Å². The highest BCUT2D eigenvalue weighted by Crippen LogP contribution is 2.56. The Balaban J connectivity index is 2.91. The van der Waals surface area contributed by atoms with E-state index in [-0.39, 0.29) is 11.0 Å². The monoisotopic (exact) mass is 273 g/mol. The Morgan fingerprint density at radius 3 is 1.75 bits per heavy atom. The molecule has 0 saturated carbocycles. The fraction of sp³-hybridized carbons (Fsp3) is 0.684. The number of fused-ring (bicyclic) bond motifs is 1. The van der Waals surface area contributed by atoms with Gasteiger partial charge in [-0.05, 0) is 80.7 Å². The molecule has 1 aliphatic rings. The van der Waals surface area contributed by atoms with Gasteiger partial charge in [0, 0.05) is 18.3 Å². The molecule has 2 rings (SSSR count). The number of anilines is 1. The third-order valence-corrected chi connectivity index (χ3v) is 6.97. The minimum atomic E-state index is 0.151. The molecule has 20 heavy (non-hydrogen) atoms. The van der Waals surface area contributed by atoms with Crippen LogP contribution in [0.5, 0.6) is 0 Å². The van der Waals surface area contributed by atoms with Crippen LogP contribution in [0.3, 0.4) is 0 Å². The summed E-state index contributed by atoms with van der Waals surface area (Å²) in [5, 5.41) is 0. The lowest BCUT2D eigenvalue weighted by atomic mass is 9.59. The van der Waals surface area contributed by atoms with Gasteiger partial charge >= 0.3 is 0 Å². The Kier molecular flexibility index (Phi) is 3.28. The first-order valence-corrected chi connectivity index (χ1v) is 7.80. The molecule has 0 aliphatic carbocycles. The van der Waals surface area contributed by atoms with Gasteiger partial charge in [-0.15, -0.1) is 0 Å². The van der Waals surface area contributed by atoms with Crippen LogP contribution < -0.4 is 4.90 Å². The fourth-order valence-corrected chi connectivity index (χ4v) is 3.89. The molecule has 0 radical (unpaired) electrons. The highest BCUT2D eigenvalue weighted by molar-refractivity contribution is 5.70. The first kappa shape index (κ1) is 15.4. The van der Waals surface area contributed by atoms with Gasteiger partial charge in [-0.3, -0.25) is 0 Å². The number of nitrogens with zero attached hydrogens (tertiary/aromatic N) is 1. The molecule has 1 aliphatic heterocycles. The van der Waals surface area contributed by atoms with E-state index >= 15 is 0 Å². The molecular weight excluding hydrogens is 242 g/mol. The highest BCUT2D eigenvalue weighted by Gasteiger charge is 2.50. The Hall–Kier alpha value is -0.980. The van der Waals surface area contributed by atoms with Gasteiger partial charge in [-0.25, -0.2) is 0 Å². The summed E-state index contributed by atoms with van der Waals surface area (Å²) in [6.07, 6.45) is 0. The van der Waals surface area contributed by atoms with Crippen molar-refractivity contribution in [1.29, 1.82) is 0 Å². The van der Waals surface area contributed by atoms with E-state index in [9.17, 15) is 0 Å². The SMILES string of the molecule is Cc1c(C)c(C)c2c(c1C)C(C)C(C)(C)C(C)(C)N2C. The molecule has 0 saturated heterocycles. The van der Waals surface area contributed by atoms with Crippen molar-refractivity contribution in [2.75, 3.05) is 11.9 Å². The number of hydrogen-bond acceptors (Lipinski definition) is 1. The lowest BCUT2D eigenvalue weighted by Gasteiger charge is -2.58. The molecule has 0 amide bonds. The van der Waals surface area contributed by atoms with Gasteiger partial charge in [-0.1, -0.05) is 20.8 Å². The molecule has 1 heteroatoms. The number of benzene rings is 1. The normalized spacial score (nSPS) is 23.7. The molecule has 1 aromatic rings. The lowest BCUT2D eigenvalue weighted by molar-refractivity contribution is 0.145. The second-order valence-corrected chi connectivity index (χ2v) is 7.82. The van der Waals surface area contributed by atoms with Crippen LogP contribution in [0.1, 0.15) is 68.4 Å². The van der Waals surface area contributed by atoms with Gasteiger partial charge in [-0.2, -0.15) is 0 Å². The van der Waals surface area contributed by atoms with Crippen molar-refractivity contribution >= 4 is 5.69 Å². The summed E-state index contributed by atoms with van der Waals surface area (Å²) in [6, 6.07) is 0. The molecule has 1 heterocycles. The smallest absolute Gasteiger partial charge is 0.0439 e. The van der Waals surface area contributed by atoms with Crippen LogP contribution in [0.25, 0.3) is 0 Å². The second kappa shape index (κ2) is 4.26. The zero-order chi connectivity index (χ0) is 15.6.